The molecule has 0 radical (unpaired) electrons. The van der Waals surface area contributed by atoms with Crippen molar-refractivity contribution >= 4 is 28.8 Å². The van der Waals surface area contributed by atoms with E-state index in [0.29, 0.717) is 9.90 Å². The van der Waals surface area contributed by atoms with E-state index >= 15 is 0 Å². The second-order valence-electron chi connectivity index (χ2n) is 4.52. The summed E-state index contributed by atoms with van der Waals surface area (Å²) in [6.07, 6.45) is 3.19. The van der Waals surface area contributed by atoms with Crippen LogP contribution in [0.5, 0.6) is 0 Å². The van der Waals surface area contributed by atoms with Gasteiger partial charge in [-0.2, -0.15) is 0 Å². The summed E-state index contributed by atoms with van der Waals surface area (Å²) < 4.78 is 0. The largest absolute Gasteiger partial charge is 0.333 e. The van der Waals surface area contributed by atoms with Crippen molar-refractivity contribution in [1.29, 1.82) is 0 Å². The summed E-state index contributed by atoms with van der Waals surface area (Å²) in [4.78, 5) is 14.9. The molecule has 94 valence electrons. The van der Waals surface area contributed by atoms with Gasteiger partial charge in [0.1, 0.15) is 4.88 Å². The van der Waals surface area contributed by atoms with Gasteiger partial charge in [-0.1, -0.05) is 11.6 Å². The average molecular weight is 273 g/mol. The van der Waals surface area contributed by atoms with E-state index in [1.54, 1.807) is 6.07 Å². The van der Waals surface area contributed by atoms with Crippen molar-refractivity contribution < 1.29 is 4.79 Å². The van der Waals surface area contributed by atoms with Crippen LogP contribution in [0.4, 0.5) is 0 Å². The van der Waals surface area contributed by atoms with Gasteiger partial charge in [-0.25, -0.2) is 0 Å². The second kappa shape index (κ2) is 5.38. The summed E-state index contributed by atoms with van der Waals surface area (Å²) in [5.74, 6) is 0.0343. The summed E-state index contributed by atoms with van der Waals surface area (Å²) >= 11 is 7.41. The lowest BCUT2D eigenvalue weighted by atomic mass is 9.97. The molecule has 17 heavy (non-hydrogen) atoms. The van der Waals surface area contributed by atoms with Gasteiger partial charge in [0.25, 0.3) is 5.91 Å². The highest BCUT2D eigenvalue weighted by Crippen LogP contribution is 2.27. The first kappa shape index (κ1) is 12.9. The highest BCUT2D eigenvalue weighted by atomic mass is 35.5. The van der Waals surface area contributed by atoms with Crippen molar-refractivity contribution in [3.63, 3.8) is 0 Å². The van der Waals surface area contributed by atoms with Crippen LogP contribution in [0.2, 0.25) is 5.02 Å². The lowest BCUT2D eigenvalue weighted by Gasteiger charge is -2.37. The van der Waals surface area contributed by atoms with Gasteiger partial charge in [-0.3, -0.25) is 4.79 Å². The van der Waals surface area contributed by atoms with E-state index in [0.717, 1.165) is 25.8 Å². The predicted molar refractivity (Wildman–Crippen MR) is 71.7 cm³/mol. The smallest absolute Gasteiger partial charge is 0.265 e. The SMILES string of the molecule is CC(N)C1CCCCN1C(=O)c1sccc1Cl. The van der Waals surface area contributed by atoms with Gasteiger partial charge in [0.15, 0.2) is 0 Å². The number of piperidine rings is 1. The predicted octanol–water partition coefficient (Wildman–Crippen LogP) is 2.74. The summed E-state index contributed by atoms with van der Waals surface area (Å²) in [6, 6.07) is 1.93. The number of nitrogens with zero attached hydrogens (tertiary/aromatic N) is 1. The van der Waals surface area contributed by atoms with Crippen molar-refractivity contribution in [1.82, 2.24) is 4.90 Å². The normalized spacial score (nSPS) is 22.5. The van der Waals surface area contributed by atoms with E-state index in [1.165, 1.54) is 11.3 Å². The molecule has 0 saturated carbocycles. The second-order valence-corrected chi connectivity index (χ2v) is 5.84. The van der Waals surface area contributed by atoms with E-state index in [2.05, 4.69) is 0 Å². The Bertz CT molecular complexity index is 405. The Hall–Kier alpha value is -0.580. The zero-order chi connectivity index (χ0) is 12.4. The van der Waals surface area contributed by atoms with Crippen LogP contribution in [-0.4, -0.2) is 29.4 Å². The lowest BCUT2D eigenvalue weighted by molar-refractivity contribution is 0.0589. The van der Waals surface area contributed by atoms with Gasteiger partial charge in [0, 0.05) is 18.6 Å². The number of halogens is 1. The Balaban J connectivity index is 2.20. The number of likely N-dealkylation sites (tertiary alicyclic amines) is 1. The summed E-state index contributed by atoms with van der Waals surface area (Å²) in [6.45, 7) is 2.76. The molecule has 1 fully saturated rings. The molecule has 1 aromatic heterocycles. The zero-order valence-corrected chi connectivity index (χ0v) is 11.4. The number of amides is 1. The number of carbonyl (C=O) groups is 1. The number of rotatable bonds is 2. The number of thiophene rings is 1. The molecular weight excluding hydrogens is 256 g/mol. The molecule has 1 aromatic rings. The maximum atomic E-state index is 12.4. The van der Waals surface area contributed by atoms with Gasteiger partial charge in [0.2, 0.25) is 0 Å². The van der Waals surface area contributed by atoms with Gasteiger partial charge >= 0.3 is 0 Å². The Morgan fingerprint density at radius 2 is 2.41 bits per heavy atom. The molecule has 2 N–H and O–H groups in total. The molecule has 1 saturated heterocycles. The summed E-state index contributed by atoms with van der Waals surface area (Å²) in [5, 5.41) is 2.40. The monoisotopic (exact) mass is 272 g/mol. The first-order valence-electron chi connectivity index (χ1n) is 5.91. The number of carbonyl (C=O) groups excluding carboxylic acids is 1. The first-order valence-corrected chi connectivity index (χ1v) is 7.16. The van der Waals surface area contributed by atoms with Crippen LogP contribution in [0.1, 0.15) is 35.9 Å². The van der Waals surface area contributed by atoms with Crippen molar-refractivity contribution in [3.8, 4) is 0 Å². The average Bonchev–Trinajstić information content (AvgIpc) is 2.74. The molecule has 0 spiro atoms. The van der Waals surface area contributed by atoms with E-state index in [9.17, 15) is 4.79 Å². The van der Waals surface area contributed by atoms with Crippen LogP contribution in [0.25, 0.3) is 0 Å². The Morgan fingerprint density at radius 3 is 3.00 bits per heavy atom. The summed E-state index contributed by atoms with van der Waals surface area (Å²) in [5.41, 5.74) is 5.96. The van der Waals surface area contributed by atoms with Crippen LogP contribution >= 0.6 is 22.9 Å². The molecule has 1 amide bonds. The minimum absolute atomic E-state index is 0.0120. The third-order valence-corrected chi connectivity index (χ3v) is 4.56. The van der Waals surface area contributed by atoms with Crippen LogP contribution in [0.15, 0.2) is 11.4 Å². The number of hydrogen-bond donors (Lipinski definition) is 1. The van der Waals surface area contributed by atoms with Crippen molar-refractivity contribution in [2.24, 2.45) is 5.73 Å². The lowest BCUT2D eigenvalue weighted by Crippen LogP contribution is -2.51. The molecule has 2 rings (SSSR count). The molecule has 0 aliphatic carbocycles. The van der Waals surface area contributed by atoms with E-state index < -0.39 is 0 Å². The number of hydrogen-bond acceptors (Lipinski definition) is 3. The standard InChI is InChI=1S/C12H17ClN2OS/c1-8(14)10-4-2-3-6-15(10)12(16)11-9(13)5-7-17-11/h5,7-8,10H,2-4,6,14H2,1H3. The van der Waals surface area contributed by atoms with Gasteiger partial charge in [0.05, 0.1) is 5.02 Å². The molecule has 1 aliphatic rings. The maximum absolute atomic E-state index is 12.4. The Labute approximate surface area is 111 Å². The molecular formula is C12H17ClN2OS. The molecule has 2 heterocycles. The first-order chi connectivity index (χ1) is 8.11. The quantitative estimate of drug-likeness (QED) is 0.900. The minimum atomic E-state index is 0.0120. The highest BCUT2D eigenvalue weighted by molar-refractivity contribution is 7.12. The molecule has 0 bridgehead atoms. The van der Waals surface area contributed by atoms with Crippen LogP contribution < -0.4 is 5.73 Å². The van der Waals surface area contributed by atoms with Gasteiger partial charge in [-0.05, 0) is 37.6 Å². The molecule has 0 aromatic carbocycles. The fourth-order valence-electron chi connectivity index (χ4n) is 2.33. The number of nitrogens with two attached hydrogens (primary N) is 1. The van der Waals surface area contributed by atoms with Crippen molar-refractivity contribution in [2.75, 3.05) is 6.54 Å². The molecule has 2 atom stereocenters. The van der Waals surface area contributed by atoms with Gasteiger partial charge in [-0.15, -0.1) is 11.3 Å². The topological polar surface area (TPSA) is 46.3 Å². The molecule has 1 aliphatic heterocycles. The van der Waals surface area contributed by atoms with Crippen LogP contribution in [-0.2, 0) is 0 Å². The molecule has 5 heteroatoms. The van der Waals surface area contributed by atoms with Crippen molar-refractivity contribution in [2.45, 2.75) is 38.3 Å². The Kier molecular flexibility index (Phi) is 4.07. The molecule has 2 unspecified atom stereocenters. The fraction of sp³-hybridized carbons (Fsp3) is 0.583. The minimum Gasteiger partial charge on any atom is -0.333 e. The third-order valence-electron chi connectivity index (χ3n) is 3.23. The van der Waals surface area contributed by atoms with E-state index in [-0.39, 0.29) is 18.0 Å². The highest BCUT2D eigenvalue weighted by Gasteiger charge is 2.31. The molecule has 3 nitrogen and oxygen atoms in total. The fourth-order valence-corrected chi connectivity index (χ4v) is 3.42. The van der Waals surface area contributed by atoms with Crippen molar-refractivity contribution in [3.05, 3.63) is 21.3 Å². The van der Waals surface area contributed by atoms with Crippen LogP contribution in [0.3, 0.4) is 0 Å². The van der Waals surface area contributed by atoms with Gasteiger partial charge < -0.3 is 10.6 Å². The summed E-state index contributed by atoms with van der Waals surface area (Å²) in [7, 11) is 0. The van der Waals surface area contributed by atoms with Crippen LogP contribution in [0, 0.1) is 0 Å². The van der Waals surface area contributed by atoms with E-state index in [1.807, 2.05) is 17.2 Å². The maximum Gasteiger partial charge on any atom is 0.265 e. The third kappa shape index (κ3) is 2.64. The zero-order valence-electron chi connectivity index (χ0n) is 9.86. The van der Waals surface area contributed by atoms with E-state index in [4.69, 9.17) is 17.3 Å². The Morgan fingerprint density at radius 1 is 1.65 bits per heavy atom.